The number of rotatable bonds is 2. The van der Waals surface area contributed by atoms with Gasteiger partial charge in [0, 0.05) is 0 Å². The Hall–Kier alpha value is -2.36. The van der Waals surface area contributed by atoms with E-state index in [9.17, 15) is 0 Å². The molecule has 25 heavy (non-hydrogen) atoms. The highest BCUT2D eigenvalue weighted by Crippen LogP contribution is 2.34. The molecule has 2 aliphatic heterocycles. The molecule has 0 amide bonds. The Balaban J connectivity index is 0.000000146. The smallest absolute Gasteiger partial charge is 0.231 e. The van der Waals surface area contributed by atoms with Crippen molar-refractivity contribution in [3.8, 4) is 23.0 Å². The van der Waals surface area contributed by atoms with Gasteiger partial charge in [-0.1, -0.05) is 39.8 Å². The third-order valence-electron chi connectivity index (χ3n) is 4.30. The van der Waals surface area contributed by atoms with Gasteiger partial charge in [-0.2, -0.15) is 0 Å². The van der Waals surface area contributed by atoms with Crippen LogP contribution in [-0.4, -0.2) is 20.0 Å². The molecule has 4 rings (SSSR count). The monoisotopic (exact) mass is 342 g/mol. The number of ether oxygens (including phenoxy) is 4. The van der Waals surface area contributed by atoms with Crippen molar-refractivity contribution in [1.29, 1.82) is 0 Å². The van der Waals surface area contributed by atoms with Crippen molar-refractivity contribution in [3.63, 3.8) is 0 Å². The van der Waals surface area contributed by atoms with Gasteiger partial charge in [0.2, 0.25) is 6.79 Å². The van der Waals surface area contributed by atoms with E-state index in [0.29, 0.717) is 31.8 Å². The van der Waals surface area contributed by atoms with Gasteiger partial charge in [0.25, 0.3) is 0 Å². The maximum absolute atomic E-state index is 5.49. The molecule has 2 heterocycles. The third-order valence-corrected chi connectivity index (χ3v) is 4.30. The van der Waals surface area contributed by atoms with Crippen molar-refractivity contribution >= 4 is 0 Å². The van der Waals surface area contributed by atoms with Gasteiger partial charge < -0.3 is 18.9 Å². The Labute approximate surface area is 149 Å². The van der Waals surface area contributed by atoms with Gasteiger partial charge in [-0.05, 0) is 47.2 Å². The summed E-state index contributed by atoms with van der Waals surface area (Å²) in [6.07, 6.45) is 0. The number of hydrogen-bond donors (Lipinski definition) is 0. The van der Waals surface area contributed by atoms with Crippen molar-refractivity contribution < 1.29 is 18.9 Å². The maximum atomic E-state index is 5.49. The SMILES string of the molecule is CC(C)c1ccc2c(c1)OCCO2.CC(C)c1ccc2c(c1)OCO2. The highest BCUT2D eigenvalue weighted by Gasteiger charge is 2.14. The second-order valence-electron chi connectivity index (χ2n) is 6.83. The molecule has 0 radical (unpaired) electrons. The molecule has 0 unspecified atom stereocenters. The van der Waals surface area contributed by atoms with Gasteiger partial charge in [0.1, 0.15) is 13.2 Å². The Bertz CT molecular complexity index is 722. The van der Waals surface area contributed by atoms with Crippen LogP contribution in [0.5, 0.6) is 23.0 Å². The van der Waals surface area contributed by atoms with Crippen molar-refractivity contribution in [1.82, 2.24) is 0 Å². The van der Waals surface area contributed by atoms with E-state index in [1.54, 1.807) is 0 Å². The first kappa shape index (κ1) is 17.5. The molecular formula is C21H26O4. The lowest BCUT2D eigenvalue weighted by Crippen LogP contribution is -2.15. The first-order chi connectivity index (χ1) is 12.0. The quantitative estimate of drug-likeness (QED) is 0.759. The predicted molar refractivity (Wildman–Crippen MR) is 98.2 cm³/mol. The van der Waals surface area contributed by atoms with Crippen LogP contribution in [0.2, 0.25) is 0 Å². The Morgan fingerprint density at radius 2 is 1.04 bits per heavy atom. The molecule has 4 heteroatoms. The minimum absolute atomic E-state index is 0.358. The first-order valence-electron chi connectivity index (χ1n) is 8.83. The van der Waals surface area contributed by atoms with Crippen LogP contribution >= 0.6 is 0 Å². The molecule has 134 valence electrons. The van der Waals surface area contributed by atoms with Gasteiger partial charge >= 0.3 is 0 Å². The standard InChI is InChI=1S/C11H14O2.C10H12O2/c1-8(2)9-3-4-10-11(7-9)13-6-5-12-10;1-7(2)8-3-4-9-10(5-8)12-6-11-9/h3-4,7-8H,5-6H2,1-2H3;3-5,7H,6H2,1-2H3. The summed E-state index contributed by atoms with van der Waals surface area (Å²) in [5, 5.41) is 0. The summed E-state index contributed by atoms with van der Waals surface area (Å²) in [7, 11) is 0. The average molecular weight is 342 g/mol. The topological polar surface area (TPSA) is 36.9 Å². The Morgan fingerprint density at radius 3 is 1.60 bits per heavy atom. The van der Waals surface area contributed by atoms with Gasteiger partial charge in [0.15, 0.2) is 23.0 Å². The number of hydrogen-bond acceptors (Lipinski definition) is 4. The van der Waals surface area contributed by atoms with E-state index in [4.69, 9.17) is 18.9 Å². The zero-order valence-electron chi connectivity index (χ0n) is 15.4. The minimum Gasteiger partial charge on any atom is -0.486 e. The summed E-state index contributed by atoms with van der Waals surface area (Å²) >= 11 is 0. The second-order valence-corrected chi connectivity index (χ2v) is 6.83. The van der Waals surface area contributed by atoms with Crippen LogP contribution in [0.25, 0.3) is 0 Å². The van der Waals surface area contributed by atoms with Gasteiger partial charge in [0.05, 0.1) is 0 Å². The van der Waals surface area contributed by atoms with Crippen LogP contribution in [0.1, 0.15) is 50.7 Å². The van der Waals surface area contributed by atoms with E-state index in [1.165, 1.54) is 11.1 Å². The Kier molecular flexibility index (Phi) is 5.37. The highest BCUT2D eigenvalue weighted by atomic mass is 16.7. The average Bonchev–Trinajstić information content (AvgIpc) is 3.09. The molecule has 2 aromatic carbocycles. The molecule has 0 spiro atoms. The van der Waals surface area contributed by atoms with Crippen molar-refractivity contribution in [2.45, 2.75) is 39.5 Å². The molecule has 2 aromatic rings. The van der Waals surface area contributed by atoms with E-state index in [0.717, 1.165) is 23.0 Å². The normalized spacial score (nSPS) is 14.3. The molecule has 0 bridgehead atoms. The minimum atomic E-state index is 0.358. The van der Waals surface area contributed by atoms with Crippen LogP contribution in [-0.2, 0) is 0 Å². The molecule has 2 aliphatic rings. The van der Waals surface area contributed by atoms with E-state index in [2.05, 4.69) is 45.9 Å². The highest BCUT2D eigenvalue weighted by molar-refractivity contribution is 5.45. The summed E-state index contributed by atoms with van der Waals surface area (Å²) in [6.45, 7) is 10.4. The first-order valence-corrected chi connectivity index (χ1v) is 8.83. The fraction of sp³-hybridized carbons (Fsp3) is 0.429. The summed E-state index contributed by atoms with van der Waals surface area (Å²) in [5.41, 5.74) is 2.59. The van der Waals surface area contributed by atoms with Crippen LogP contribution in [0.4, 0.5) is 0 Å². The summed E-state index contributed by atoms with van der Waals surface area (Å²) in [6, 6.07) is 12.3. The molecule has 0 saturated carbocycles. The van der Waals surface area contributed by atoms with E-state index >= 15 is 0 Å². The van der Waals surface area contributed by atoms with Gasteiger partial charge in [-0.15, -0.1) is 0 Å². The zero-order chi connectivity index (χ0) is 17.8. The van der Waals surface area contributed by atoms with Gasteiger partial charge in [-0.3, -0.25) is 0 Å². The van der Waals surface area contributed by atoms with Crippen LogP contribution < -0.4 is 18.9 Å². The van der Waals surface area contributed by atoms with Crippen LogP contribution in [0, 0.1) is 0 Å². The number of fused-ring (bicyclic) bond motifs is 2. The lowest BCUT2D eigenvalue weighted by Gasteiger charge is -2.19. The molecule has 0 aliphatic carbocycles. The fourth-order valence-corrected chi connectivity index (χ4v) is 2.69. The second kappa shape index (κ2) is 7.68. The zero-order valence-corrected chi connectivity index (χ0v) is 15.4. The molecule has 0 atom stereocenters. The van der Waals surface area contributed by atoms with Crippen LogP contribution in [0.15, 0.2) is 36.4 Å². The fourth-order valence-electron chi connectivity index (χ4n) is 2.69. The molecule has 0 saturated heterocycles. The number of benzene rings is 2. The third kappa shape index (κ3) is 4.19. The molecule has 4 nitrogen and oxygen atoms in total. The van der Waals surface area contributed by atoms with Gasteiger partial charge in [-0.25, -0.2) is 0 Å². The summed E-state index contributed by atoms with van der Waals surface area (Å²) < 4.78 is 21.4. The summed E-state index contributed by atoms with van der Waals surface area (Å²) in [5.74, 6) is 4.57. The molecule has 0 N–H and O–H groups in total. The maximum Gasteiger partial charge on any atom is 0.231 e. The largest absolute Gasteiger partial charge is 0.486 e. The summed E-state index contributed by atoms with van der Waals surface area (Å²) in [4.78, 5) is 0. The lowest BCUT2D eigenvalue weighted by atomic mass is 10.0. The lowest BCUT2D eigenvalue weighted by molar-refractivity contribution is 0.171. The molecule has 0 aromatic heterocycles. The predicted octanol–water partition coefficient (Wildman–Crippen LogP) is 5.12. The van der Waals surface area contributed by atoms with Crippen LogP contribution in [0.3, 0.4) is 0 Å². The van der Waals surface area contributed by atoms with E-state index in [1.807, 2.05) is 18.2 Å². The van der Waals surface area contributed by atoms with E-state index < -0.39 is 0 Å². The van der Waals surface area contributed by atoms with E-state index in [-0.39, 0.29) is 0 Å². The Morgan fingerprint density at radius 1 is 0.600 bits per heavy atom. The molecular weight excluding hydrogens is 316 g/mol. The van der Waals surface area contributed by atoms with Crippen molar-refractivity contribution in [2.75, 3.05) is 20.0 Å². The molecule has 0 fully saturated rings. The van der Waals surface area contributed by atoms with Crippen molar-refractivity contribution in [2.24, 2.45) is 0 Å². The van der Waals surface area contributed by atoms with Crippen molar-refractivity contribution in [3.05, 3.63) is 47.5 Å².